The monoisotopic (exact) mass is 663 g/mol. The van der Waals surface area contributed by atoms with Crippen LogP contribution >= 0.6 is 0 Å². The summed E-state index contributed by atoms with van der Waals surface area (Å²) in [5, 5.41) is 2.49. The Morgan fingerprint density at radius 2 is 0.981 bits per heavy atom. The van der Waals surface area contributed by atoms with Crippen LogP contribution in [0.5, 0.6) is 17.2 Å². The molecule has 2 aliphatic heterocycles. The molecule has 0 spiro atoms. The van der Waals surface area contributed by atoms with E-state index >= 15 is 0 Å². The molecular weight excluding hydrogens is 633 g/mol. The van der Waals surface area contributed by atoms with Crippen LogP contribution in [0, 0.1) is 0 Å². The van der Waals surface area contributed by atoms with Crippen molar-refractivity contribution in [2.75, 3.05) is 0 Å². The largest absolute Gasteiger partial charge is 0.551 e. The van der Waals surface area contributed by atoms with E-state index in [1.165, 1.54) is 32.9 Å². The van der Waals surface area contributed by atoms with Crippen LogP contribution in [0.4, 0.5) is 0 Å². The van der Waals surface area contributed by atoms with Gasteiger partial charge in [0.05, 0.1) is 16.7 Å². The summed E-state index contributed by atoms with van der Waals surface area (Å²) in [6, 6.07) is 64.7. The number of hydrogen-bond donors (Lipinski definition) is 0. The first-order valence-electron chi connectivity index (χ1n) is 17.8. The molecule has 3 heterocycles. The number of hydrogen-bond acceptors (Lipinski definition) is 2. The highest BCUT2D eigenvalue weighted by Gasteiger charge is 2.41. The van der Waals surface area contributed by atoms with Gasteiger partial charge in [0.25, 0.3) is 0 Å². The maximum absolute atomic E-state index is 6.99. The third-order valence-corrected chi connectivity index (χ3v) is 10.7. The molecule has 0 saturated heterocycles. The van der Waals surface area contributed by atoms with Crippen molar-refractivity contribution in [2.24, 2.45) is 0 Å². The molecule has 11 rings (SSSR count). The Hall–Kier alpha value is -6.78. The first-order valence-corrected chi connectivity index (χ1v) is 17.8. The fourth-order valence-corrected chi connectivity index (χ4v) is 8.38. The lowest BCUT2D eigenvalue weighted by molar-refractivity contribution is 0.480. The summed E-state index contributed by atoms with van der Waals surface area (Å²) in [5.41, 5.74) is 14.7. The van der Waals surface area contributed by atoms with Crippen LogP contribution in [-0.2, 0) is 0 Å². The lowest BCUT2D eigenvalue weighted by atomic mass is 9.50. The average molecular weight is 664 g/mol. The fourth-order valence-electron chi connectivity index (χ4n) is 8.38. The predicted octanol–water partition coefficient (Wildman–Crippen LogP) is 11.1. The quantitative estimate of drug-likeness (QED) is 0.175. The summed E-state index contributed by atoms with van der Waals surface area (Å²) in [4.78, 5) is 0. The van der Waals surface area contributed by atoms with Crippen molar-refractivity contribution in [3.63, 3.8) is 0 Å². The molecule has 4 heteroatoms. The Morgan fingerprint density at radius 3 is 1.75 bits per heavy atom. The van der Waals surface area contributed by atoms with Gasteiger partial charge < -0.3 is 14.0 Å². The van der Waals surface area contributed by atoms with Crippen molar-refractivity contribution in [1.82, 2.24) is 4.57 Å². The van der Waals surface area contributed by atoms with E-state index in [0.717, 1.165) is 67.2 Å². The third-order valence-electron chi connectivity index (χ3n) is 10.7. The summed E-state index contributed by atoms with van der Waals surface area (Å²) in [6.07, 6.45) is 0. The molecule has 0 radical (unpaired) electrons. The maximum atomic E-state index is 6.99. The summed E-state index contributed by atoms with van der Waals surface area (Å²) < 4.78 is 16.2. The van der Waals surface area contributed by atoms with Crippen LogP contribution in [0.15, 0.2) is 182 Å². The van der Waals surface area contributed by atoms with E-state index in [0.29, 0.717) is 0 Å². The van der Waals surface area contributed by atoms with Crippen molar-refractivity contribution in [1.29, 1.82) is 0 Å². The molecule has 0 aliphatic carbocycles. The summed E-state index contributed by atoms with van der Waals surface area (Å²) in [5.74, 6) is 2.52. The molecule has 52 heavy (non-hydrogen) atoms. The highest BCUT2D eigenvalue weighted by molar-refractivity contribution is 6.84. The second-order valence-electron chi connectivity index (χ2n) is 13.6. The van der Waals surface area contributed by atoms with Crippen molar-refractivity contribution >= 4 is 39.6 Å². The van der Waals surface area contributed by atoms with E-state index in [9.17, 15) is 0 Å². The van der Waals surface area contributed by atoms with Gasteiger partial charge in [0, 0.05) is 32.8 Å². The number of benzene rings is 8. The predicted molar refractivity (Wildman–Crippen MR) is 215 cm³/mol. The zero-order chi connectivity index (χ0) is 34.2. The van der Waals surface area contributed by atoms with Gasteiger partial charge >= 0.3 is 6.92 Å². The smallest absolute Gasteiger partial charge is 0.434 e. The molecule has 8 aromatic carbocycles. The number of para-hydroxylation sites is 4. The van der Waals surface area contributed by atoms with Crippen molar-refractivity contribution in [2.45, 2.75) is 0 Å². The molecule has 242 valence electrons. The first-order chi connectivity index (χ1) is 25.8. The molecule has 9 aromatic rings. The lowest BCUT2D eigenvalue weighted by Gasteiger charge is -2.33. The molecule has 0 atom stereocenters. The number of fused-ring (bicyclic) bond motifs is 7. The molecule has 0 saturated carbocycles. The number of nitrogens with zero attached hydrogens (tertiary/aromatic N) is 1. The Labute approximate surface area is 302 Å². The molecule has 0 fully saturated rings. The average Bonchev–Trinajstić information content (AvgIpc) is 3.55. The van der Waals surface area contributed by atoms with E-state index in [1.54, 1.807) is 0 Å². The van der Waals surface area contributed by atoms with Gasteiger partial charge in [-0.1, -0.05) is 140 Å². The van der Waals surface area contributed by atoms with Gasteiger partial charge in [-0.05, 0) is 75.8 Å². The van der Waals surface area contributed by atoms with Crippen LogP contribution in [0.3, 0.4) is 0 Å². The topological polar surface area (TPSA) is 23.4 Å². The van der Waals surface area contributed by atoms with Crippen LogP contribution in [0.2, 0.25) is 0 Å². The number of ether oxygens (including phenoxy) is 1. The van der Waals surface area contributed by atoms with Crippen molar-refractivity contribution in [3.8, 4) is 67.4 Å². The Morgan fingerprint density at radius 1 is 0.385 bits per heavy atom. The minimum absolute atomic E-state index is 0.288. The van der Waals surface area contributed by atoms with Crippen molar-refractivity contribution < 1.29 is 9.39 Å². The summed E-state index contributed by atoms with van der Waals surface area (Å²) in [6.45, 7) is -0.288. The van der Waals surface area contributed by atoms with E-state index in [-0.39, 0.29) is 6.92 Å². The first kappa shape index (κ1) is 29.0. The zero-order valence-electron chi connectivity index (χ0n) is 28.2. The van der Waals surface area contributed by atoms with Crippen LogP contribution in [0.25, 0.3) is 72.0 Å². The fraction of sp³-hybridized carbons (Fsp3) is 0. The van der Waals surface area contributed by atoms with Crippen molar-refractivity contribution in [3.05, 3.63) is 182 Å². The normalized spacial score (nSPS) is 12.5. The van der Waals surface area contributed by atoms with Gasteiger partial charge in [-0.25, -0.2) is 0 Å². The highest BCUT2D eigenvalue weighted by atomic mass is 16.5. The zero-order valence-corrected chi connectivity index (χ0v) is 28.2. The van der Waals surface area contributed by atoms with E-state index < -0.39 is 0 Å². The minimum Gasteiger partial charge on any atom is -0.551 e. The number of aromatic nitrogens is 1. The second-order valence-corrected chi connectivity index (χ2v) is 13.6. The van der Waals surface area contributed by atoms with E-state index in [1.807, 2.05) is 6.07 Å². The minimum atomic E-state index is -0.288. The van der Waals surface area contributed by atoms with Crippen LogP contribution in [0.1, 0.15) is 0 Å². The molecule has 3 nitrogen and oxygen atoms in total. The Balaban J connectivity index is 1.09. The summed E-state index contributed by atoms with van der Waals surface area (Å²) in [7, 11) is 0. The van der Waals surface area contributed by atoms with Gasteiger partial charge in [0.15, 0.2) is 0 Å². The van der Waals surface area contributed by atoms with Gasteiger partial charge in [0.2, 0.25) is 0 Å². The molecule has 0 N–H and O–H groups in total. The maximum Gasteiger partial charge on any atom is 0.434 e. The molecule has 1 aromatic heterocycles. The van der Waals surface area contributed by atoms with Gasteiger partial charge in [-0.3, -0.25) is 0 Å². The second kappa shape index (κ2) is 11.4. The SMILES string of the molecule is c1ccc(-c2ccccc2-c2cc3c4c(c2)-c2ccccc2OB4c2ccc(-c4ccccc4-n4c5ccccc5c5ccccc54)cc2O3)cc1. The van der Waals surface area contributed by atoms with Gasteiger partial charge in [-0.15, -0.1) is 0 Å². The van der Waals surface area contributed by atoms with Gasteiger partial charge in [0.1, 0.15) is 17.2 Å². The summed E-state index contributed by atoms with van der Waals surface area (Å²) >= 11 is 0. The molecule has 0 bridgehead atoms. The Bertz CT molecular complexity index is 2820. The highest BCUT2D eigenvalue weighted by Crippen LogP contribution is 2.44. The standard InChI is InChI=1S/C48H30BNO2/c1-2-14-31(15-3-1)34-16-4-5-17-35(34)33-28-40-39-21-9-13-25-45(39)52-49-41-27-26-32(29-46(41)51-47(30-33)48(40)49)36-18-6-10-22-42(36)50-43-23-11-7-19-37(43)38-20-8-12-24-44(38)50/h1-30H. The molecule has 0 amide bonds. The van der Waals surface area contributed by atoms with Crippen LogP contribution < -0.4 is 20.3 Å². The van der Waals surface area contributed by atoms with Crippen LogP contribution in [-0.4, -0.2) is 11.5 Å². The Kier molecular flexibility index (Phi) is 6.35. The molecule has 2 aliphatic rings. The number of rotatable bonds is 4. The molecular formula is C48H30BNO2. The van der Waals surface area contributed by atoms with E-state index in [4.69, 9.17) is 9.39 Å². The van der Waals surface area contributed by atoms with E-state index in [2.05, 4.69) is 180 Å². The molecule has 0 unspecified atom stereocenters. The van der Waals surface area contributed by atoms with Gasteiger partial charge in [-0.2, -0.15) is 0 Å². The third kappa shape index (κ3) is 4.34. The lowest BCUT2D eigenvalue weighted by Crippen LogP contribution is -2.53.